The Morgan fingerprint density at radius 1 is 1.48 bits per heavy atom. The minimum atomic E-state index is -0.221. The molecule has 0 bridgehead atoms. The fraction of sp³-hybridized carbons (Fsp3) is 0.467. The Hall–Kier alpha value is -1.95. The summed E-state index contributed by atoms with van der Waals surface area (Å²) >= 11 is 0. The first-order valence-corrected chi connectivity index (χ1v) is 7.17. The summed E-state index contributed by atoms with van der Waals surface area (Å²) < 4.78 is 20.8. The molecular formula is C15H19FN4O. The number of benzene rings is 1. The monoisotopic (exact) mass is 290 g/mol. The normalized spacial score (nSPS) is 17.0. The van der Waals surface area contributed by atoms with Crippen molar-refractivity contribution in [3.63, 3.8) is 0 Å². The fourth-order valence-electron chi connectivity index (χ4n) is 2.40. The summed E-state index contributed by atoms with van der Waals surface area (Å²) in [5, 5.41) is 7.69. The lowest BCUT2D eigenvalue weighted by molar-refractivity contribution is 0.203. The second kappa shape index (κ2) is 5.81. The van der Waals surface area contributed by atoms with Gasteiger partial charge in [0.05, 0.1) is 13.1 Å². The molecule has 1 aliphatic rings. The first-order chi connectivity index (χ1) is 10.1. The van der Waals surface area contributed by atoms with E-state index in [1.54, 1.807) is 17.1 Å². The van der Waals surface area contributed by atoms with Crippen molar-refractivity contribution in [1.29, 1.82) is 0 Å². The number of fused-ring (bicyclic) bond motifs is 1. The van der Waals surface area contributed by atoms with Crippen molar-refractivity contribution in [1.82, 2.24) is 20.1 Å². The van der Waals surface area contributed by atoms with Gasteiger partial charge in [0.15, 0.2) is 5.82 Å². The molecule has 1 unspecified atom stereocenters. The maximum atomic E-state index is 13.2. The smallest absolute Gasteiger partial charge is 0.164 e. The number of ether oxygens (including phenoxy) is 1. The number of halogens is 1. The number of nitrogens with zero attached hydrogens (tertiary/aromatic N) is 3. The van der Waals surface area contributed by atoms with Gasteiger partial charge in [0.25, 0.3) is 0 Å². The highest BCUT2D eigenvalue weighted by Gasteiger charge is 2.24. The van der Waals surface area contributed by atoms with Crippen LogP contribution in [0.1, 0.15) is 25.2 Å². The van der Waals surface area contributed by atoms with Crippen LogP contribution in [-0.4, -0.2) is 26.9 Å². The van der Waals surface area contributed by atoms with Crippen LogP contribution in [0.4, 0.5) is 4.39 Å². The summed E-state index contributed by atoms with van der Waals surface area (Å²) in [6, 6.07) is 5.05. The number of hydrogen-bond acceptors (Lipinski definition) is 4. The molecule has 1 aromatic carbocycles. The second-order valence-corrected chi connectivity index (χ2v) is 5.61. The number of nitrogens with one attached hydrogen (secondary N) is 1. The summed E-state index contributed by atoms with van der Waals surface area (Å²) in [7, 11) is 0. The Morgan fingerprint density at radius 2 is 2.33 bits per heavy atom. The van der Waals surface area contributed by atoms with Gasteiger partial charge < -0.3 is 10.1 Å². The average Bonchev–Trinajstić information content (AvgIpc) is 3.02. The summed E-state index contributed by atoms with van der Waals surface area (Å²) in [4.78, 5) is 4.27. The van der Waals surface area contributed by atoms with E-state index in [0.29, 0.717) is 25.6 Å². The lowest BCUT2D eigenvalue weighted by atomic mass is 10.1. The molecule has 112 valence electrons. The van der Waals surface area contributed by atoms with Gasteiger partial charge in [-0.05, 0) is 18.2 Å². The molecule has 1 atom stereocenters. The van der Waals surface area contributed by atoms with Crippen LogP contribution < -0.4 is 10.1 Å². The van der Waals surface area contributed by atoms with Crippen LogP contribution in [-0.2, 0) is 19.5 Å². The topological polar surface area (TPSA) is 52.0 Å². The SMILES string of the molecule is CC(C)NCc1ncn(CC2Cc3cc(F)ccc3O2)n1. The van der Waals surface area contributed by atoms with Crippen LogP contribution in [0.5, 0.6) is 5.75 Å². The van der Waals surface area contributed by atoms with E-state index in [1.807, 2.05) is 0 Å². The van der Waals surface area contributed by atoms with Crippen molar-refractivity contribution in [2.45, 2.75) is 45.5 Å². The van der Waals surface area contributed by atoms with E-state index in [1.165, 1.54) is 12.1 Å². The highest BCUT2D eigenvalue weighted by atomic mass is 19.1. The zero-order chi connectivity index (χ0) is 14.8. The van der Waals surface area contributed by atoms with Crippen molar-refractivity contribution >= 4 is 0 Å². The predicted molar refractivity (Wildman–Crippen MR) is 76.5 cm³/mol. The molecule has 0 aliphatic carbocycles. The fourth-order valence-corrected chi connectivity index (χ4v) is 2.40. The van der Waals surface area contributed by atoms with Crippen LogP contribution in [0.2, 0.25) is 0 Å². The van der Waals surface area contributed by atoms with Crippen LogP contribution in [0.3, 0.4) is 0 Å². The van der Waals surface area contributed by atoms with E-state index in [4.69, 9.17) is 4.74 Å². The van der Waals surface area contributed by atoms with Crippen LogP contribution in [0, 0.1) is 5.82 Å². The average molecular weight is 290 g/mol. The minimum absolute atomic E-state index is 0.0191. The van der Waals surface area contributed by atoms with Gasteiger partial charge in [0.2, 0.25) is 0 Å². The lowest BCUT2D eigenvalue weighted by Gasteiger charge is -2.10. The maximum Gasteiger partial charge on any atom is 0.164 e. The van der Waals surface area contributed by atoms with E-state index >= 15 is 0 Å². The quantitative estimate of drug-likeness (QED) is 0.914. The van der Waals surface area contributed by atoms with Gasteiger partial charge in [-0.15, -0.1) is 0 Å². The molecule has 6 heteroatoms. The Bertz CT molecular complexity index is 626. The van der Waals surface area contributed by atoms with Gasteiger partial charge in [-0.2, -0.15) is 5.10 Å². The summed E-state index contributed by atoms with van der Waals surface area (Å²) in [5.74, 6) is 1.31. The molecule has 0 fully saturated rings. The zero-order valence-corrected chi connectivity index (χ0v) is 12.2. The third-order valence-electron chi connectivity index (χ3n) is 3.41. The highest BCUT2D eigenvalue weighted by Crippen LogP contribution is 2.29. The van der Waals surface area contributed by atoms with E-state index in [2.05, 4.69) is 29.2 Å². The third-order valence-corrected chi connectivity index (χ3v) is 3.41. The van der Waals surface area contributed by atoms with Gasteiger partial charge in [-0.1, -0.05) is 13.8 Å². The molecular weight excluding hydrogens is 271 g/mol. The Morgan fingerprint density at radius 3 is 3.14 bits per heavy atom. The number of rotatable bonds is 5. The molecule has 2 heterocycles. The van der Waals surface area contributed by atoms with Crippen LogP contribution in [0.25, 0.3) is 0 Å². The first kappa shape index (κ1) is 14.0. The summed E-state index contributed by atoms with van der Waals surface area (Å²) in [5.41, 5.74) is 0.918. The predicted octanol–water partition coefficient (Wildman–Crippen LogP) is 1.92. The van der Waals surface area contributed by atoms with E-state index in [-0.39, 0.29) is 11.9 Å². The van der Waals surface area contributed by atoms with E-state index in [0.717, 1.165) is 17.1 Å². The third kappa shape index (κ3) is 3.39. The first-order valence-electron chi connectivity index (χ1n) is 7.17. The van der Waals surface area contributed by atoms with Crippen molar-refractivity contribution in [2.24, 2.45) is 0 Å². The molecule has 1 aliphatic heterocycles. The van der Waals surface area contributed by atoms with Gasteiger partial charge in [0.1, 0.15) is 24.0 Å². The molecule has 0 radical (unpaired) electrons. The standard InChI is InChI=1S/C15H19FN4O/c1-10(2)17-7-15-18-9-20(19-15)8-13-6-11-5-12(16)3-4-14(11)21-13/h3-5,9-10,13,17H,6-8H2,1-2H3. The molecule has 0 saturated heterocycles. The molecule has 1 N–H and O–H groups in total. The second-order valence-electron chi connectivity index (χ2n) is 5.61. The van der Waals surface area contributed by atoms with Gasteiger partial charge in [-0.25, -0.2) is 14.1 Å². The number of hydrogen-bond donors (Lipinski definition) is 1. The molecule has 5 nitrogen and oxygen atoms in total. The molecule has 2 aromatic rings. The largest absolute Gasteiger partial charge is 0.488 e. The van der Waals surface area contributed by atoms with Crippen molar-refractivity contribution in [3.05, 3.63) is 41.7 Å². The van der Waals surface area contributed by atoms with Crippen LogP contribution >= 0.6 is 0 Å². The van der Waals surface area contributed by atoms with Gasteiger partial charge >= 0.3 is 0 Å². The maximum absolute atomic E-state index is 13.2. The van der Waals surface area contributed by atoms with Crippen molar-refractivity contribution < 1.29 is 9.13 Å². The highest BCUT2D eigenvalue weighted by molar-refractivity contribution is 5.37. The van der Waals surface area contributed by atoms with Gasteiger partial charge in [0, 0.05) is 18.0 Å². The molecule has 0 saturated carbocycles. The molecule has 21 heavy (non-hydrogen) atoms. The molecule has 1 aromatic heterocycles. The zero-order valence-electron chi connectivity index (χ0n) is 12.2. The Balaban J connectivity index is 1.59. The van der Waals surface area contributed by atoms with Crippen molar-refractivity contribution in [2.75, 3.05) is 0 Å². The molecule has 0 spiro atoms. The lowest BCUT2D eigenvalue weighted by Crippen LogP contribution is -2.23. The molecule has 3 rings (SSSR count). The summed E-state index contributed by atoms with van der Waals surface area (Å²) in [6.45, 7) is 5.44. The Labute approximate surface area is 123 Å². The van der Waals surface area contributed by atoms with Crippen molar-refractivity contribution in [3.8, 4) is 5.75 Å². The van der Waals surface area contributed by atoms with Gasteiger partial charge in [-0.3, -0.25) is 0 Å². The van der Waals surface area contributed by atoms with Crippen LogP contribution in [0.15, 0.2) is 24.5 Å². The Kier molecular flexibility index (Phi) is 3.88. The van der Waals surface area contributed by atoms with E-state index in [9.17, 15) is 4.39 Å². The minimum Gasteiger partial charge on any atom is -0.488 e. The van der Waals surface area contributed by atoms with E-state index < -0.39 is 0 Å². The summed E-state index contributed by atoms with van der Waals surface area (Å²) in [6.07, 6.45) is 2.39. The molecule has 0 amide bonds. The number of aromatic nitrogens is 3.